The molecule has 3 nitrogen and oxygen atoms in total. The van der Waals surface area contributed by atoms with Gasteiger partial charge in [-0.3, -0.25) is 9.79 Å². The number of para-hydroxylation sites is 1. The van der Waals surface area contributed by atoms with Crippen LogP contribution in [-0.2, 0) is 15.1 Å². The summed E-state index contributed by atoms with van der Waals surface area (Å²) in [5.74, 6) is 0. The van der Waals surface area contributed by atoms with Gasteiger partial charge < -0.3 is 4.74 Å². The number of aliphatic imine (C=N–C) groups is 1. The molecule has 0 bridgehead atoms. The Morgan fingerprint density at radius 3 is 2.92 bits per heavy atom. The molecule has 3 heteroatoms. The van der Waals surface area contributed by atoms with E-state index in [0.717, 1.165) is 17.5 Å². The van der Waals surface area contributed by atoms with Gasteiger partial charge in [0.1, 0.15) is 0 Å². The van der Waals surface area contributed by atoms with Gasteiger partial charge in [0.25, 0.3) is 0 Å². The smallest absolute Gasteiger partial charge is 0.185 e. The molecule has 1 aliphatic rings. The molecule has 1 atom stereocenters. The van der Waals surface area contributed by atoms with Crippen LogP contribution in [0.2, 0.25) is 0 Å². The number of hydrogen-bond acceptors (Lipinski definition) is 3. The lowest BCUT2D eigenvalue weighted by molar-refractivity contribution is -0.120. The third-order valence-electron chi connectivity index (χ3n) is 2.23. The molecule has 0 amide bonds. The molecule has 0 radical (unpaired) electrons. The van der Waals surface area contributed by atoms with Crippen LogP contribution in [0.25, 0.3) is 0 Å². The van der Waals surface area contributed by atoms with E-state index in [-0.39, 0.29) is 0 Å². The lowest BCUT2D eigenvalue weighted by atomic mass is 9.98. The molecule has 0 saturated heterocycles. The molecular formula is C10H9NO2. The lowest BCUT2D eigenvalue weighted by Crippen LogP contribution is -2.29. The SMILES string of the molecule is CO[C@]1(C=O)C=Nc2ccccc21. The maximum absolute atomic E-state index is 10.9. The second kappa shape index (κ2) is 2.78. The van der Waals surface area contributed by atoms with E-state index in [1.54, 1.807) is 0 Å². The first kappa shape index (κ1) is 8.13. The van der Waals surface area contributed by atoms with Crippen LogP contribution in [0.4, 0.5) is 5.69 Å². The number of methoxy groups -OCH3 is 1. The van der Waals surface area contributed by atoms with Crippen molar-refractivity contribution < 1.29 is 9.53 Å². The zero-order valence-electron chi connectivity index (χ0n) is 7.23. The van der Waals surface area contributed by atoms with E-state index >= 15 is 0 Å². The highest BCUT2D eigenvalue weighted by Gasteiger charge is 2.35. The second-order valence-electron chi connectivity index (χ2n) is 2.89. The maximum Gasteiger partial charge on any atom is 0.185 e. The van der Waals surface area contributed by atoms with Crippen molar-refractivity contribution >= 4 is 18.2 Å². The molecule has 1 heterocycles. The maximum atomic E-state index is 10.9. The first-order valence-electron chi connectivity index (χ1n) is 3.98. The van der Waals surface area contributed by atoms with Gasteiger partial charge in [-0.05, 0) is 6.07 Å². The van der Waals surface area contributed by atoms with Gasteiger partial charge in [0.05, 0.1) is 5.69 Å². The summed E-state index contributed by atoms with van der Waals surface area (Å²) in [6.45, 7) is 0. The first-order chi connectivity index (χ1) is 6.32. The van der Waals surface area contributed by atoms with Gasteiger partial charge in [0.2, 0.25) is 0 Å². The van der Waals surface area contributed by atoms with Gasteiger partial charge in [0, 0.05) is 18.9 Å². The van der Waals surface area contributed by atoms with Crippen LogP contribution >= 0.6 is 0 Å². The van der Waals surface area contributed by atoms with Crippen LogP contribution < -0.4 is 0 Å². The molecule has 0 spiro atoms. The van der Waals surface area contributed by atoms with Crippen molar-refractivity contribution in [1.82, 2.24) is 0 Å². The summed E-state index contributed by atoms with van der Waals surface area (Å²) >= 11 is 0. The third-order valence-corrected chi connectivity index (χ3v) is 2.23. The Morgan fingerprint density at radius 2 is 2.23 bits per heavy atom. The van der Waals surface area contributed by atoms with Gasteiger partial charge in [-0.1, -0.05) is 18.2 Å². The highest BCUT2D eigenvalue weighted by Crippen LogP contribution is 2.35. The molecule has 13 heavy (non-hydrogen) atoms. The van der Waals surface area contributed by atoms with Gasteiger partial charge >= 0.3 is 0 Å². The Hall–Kier alpha value is -1.48. The number of rotatable bonds is 2. The Balaban J connectivity index is 2.59. The van der Waals surface area contributed by atoms with E-state index in [0.29, 0.717) is 0 Å². The predicted molar refractivity (Wildman–Crippen MR) is 49.3 cm³/mol. The molecule has 66 valence electrons. The largest absolute Gasteiger partial charge is 0.360 e. The summed E-state index contributed by atoms with van der Waals surface area (Å²) < 4.78 is 5.16. The van der Waals surface area contributed by atoms with E-state index in [4.69, 9.17) is 4.74 Å². The minimum atomic E-state index is -0.962. The Labute approximate surface area is 76.1 Å². The molecule has 0 aliphatic carbocycles. The first-order valence-corrected chi connectivity index (χ1v) is 3.98. The van der Waals surface area contributed by atoms with Gasteiger partial charge in [0.15, 0.2) is 11.9 Å². The highest BCUT2D eigenvalue weighted by molar-refractivity contribution is 5.98. The van der Waals surface area contributed by atoms with E-state index < -0.39 is 5.60 Å². The fourth-order valence-corrected chi connectivity index (χ4v) is 1.46. The molecular weight excluding hydrogens is 166 g/mol. The molecule has 0 fully saturated rings. The fraction of sp³-hybridized carbons (Fsp3) is 0.200. The van der Waals surface area contributed by atoms with Crippen molar-refractivity contribution in [2.24, 2.45) is 4.99 Å². The Kier molecular flexibility index (Phi) is 1.74. The van der Waals surface area contributed by atoms with Gasteiger partial charge in [-0.25, -0.2) is 0 Å². The van der Waals surface area contributed by atoms with Crippen molar-refractivity contribution in [1.29, 1.82) is 0 Å². The van der Waals surface area contributed by atoms with Crippen molar-refractivity contribution in [3.05, 3.63) is 29.8 Å². The second-order valence-corrected chi connectivity index (χ2v) is 2.89. The van der Waals surface area contributed by atoms with Crippen LogP contribution in [0.1, 0.15) is 5.56 Å². The monoisotopic (exact) mass is 175 g/mol. The normalized spacial score (nSPS) is 24.4. The summed E-state index contributed by atoms with van der Waals surface area (Å²) in [7, 11) is 1.50. The minimum absolute atomic E-state index is 0.766. The molecule has 0 N–H and O–H groups in total. The van der Waals surface area contributed by atoms with Crippen LogP contribution in [0.3, 0.4) is 0 Å². The Bertz CT molecular complexity index is 373. The third kappa shape index (κ3) is 1.01. The summed E-state index contributed by atoms with van der Waals surface area (Å²) in [6.07, 6.45) is 2.30. The highest BCUT2D eigenvalue weighted by atomic mass is 16.5. The lowest BCUT2D eigenvalue weighted by Gasteiger charge is -2.18. The van der Waals surface area contributed by atoms with Crippen molar-refractivity contribution in [2.45, 2.75) is 5.60 Å². The average molecular weight is 175 g/mol. The standard InChI is InChI=1S/C10H9NO2/c1-13-10(7-12)6-11-9-5-3-2-4-8(9)10/h2-7H,1H3/t10-/m0/s1. The van der Waals surface area contributed by atoms with Crippen LogP contribution in [0.5, 0.6) is 0 Å². The van der Waals surface area contributed by atoms with Crippen molar-refractivity contribution in [3.63, 3.8) is 0 Å². The van der Waals surface area contributed by atoms with Crippen molar-refractivity contribution in [2.75, 3.05) is 7.11 Å². The van der Waals surface area contributed by atoms with Crippen LogP contribution in [0, 0.1) is 0 Å². The van der Waals surface area contributed by atoms with Gasteiger partial charge in [-0.2, -0.15) is 0 Å². The number of aldehydes is 1. The number of fused-ring (bicyclic) bond motifs is 1. The van der Waals surface area contributed by atoms with E-state index in [2.05, 4.69) is 4.99 Å². The van der Waals surface area contributed by atoms with E-state index in [1.807, 2.05) is 24.3 Å². The van der Waals surface area contributed by atoms with E-state index in [1.165, 1.54) is 13.3 Å². The molecule has 1 aliphatic heterocycles. The fourth-order valence-electron chi connectivity index (χ4n) is 1.46. The number of nitrogens with zero attached hydrogens (tertiary/aromatic N) is 1. The molecule has 0 unspecified atom stereocenters. The summed E-state index contributed by atoms with van der Waals surface area (Å²) in [6, 6.07) is 7.45. The van der Waals surface area contributed by atoms with E-state index in [9.17, 15) is 4.79 Å². The summed E-state index contributed by atoms with van der Waals surface area (Å²) in [5.41, 5.74) is 0.653. The molecule has 0 aromatic heterocycles. The average Bonchev–Trinajstić information content (AvgIpc) is 2.58. The molecule has 0 saturated carbocycles. The minimum Gasteiger partial charge on any atom is -0.360 e. The summed E-state index contributed by atoms with van der Waals surface area (Å²) in [5, 5.41) is 0. The number of carbonyl (C=O) groups excluding carboxylic acids is 1. The van der Waals surface area contributed by atoms with Crippen LogP contribution in [0.15, 0.2) is 29.3 Å². The number of hydrogen-bond donors (Lipinski definition) is 0. The molecule has 2 rings (SSSR count). The van der Waals surface area contributed by atoms with Crippen molar-refractivity contribution in [3.8, 4) is 0 Å². The Morgan fingerprint density at radius 1 is 1.46 bits per heavy atom. The molecule has 1 aromatic carbocycles. The van der Waals surface area contributed by atoms with Crippen LogP contribution in [-0.4, -0.2) is 19.6 Å². The number of ether oxygens (including phenoxy) is 1. The number of carbonyl (C=O) groups is 1. The predicted octanol–water partition coefficient (Wildman–Crippen LogP) is 1.44. The number of benzene rings is 1. The zero-order chi connectivity index (χ0) is 9.31. The topological polar surface area (TPSA) is 38.7 Å². The molecule has 1 aromatic rings. The van der Waals surface area contributed by atoms with Gasteiger partial charge in [-0.15, -0.1) is 0 Å². The quantitative estimate of drug-likeness (QED) is 0.638. The summed E-state index contributed by atoms with van der Waals surface area (Å²) in [4.78, 5) is 15.0. The zero-order valence-corrected chi connectivity index (χ0v) is 7.23.